The van der Waals surface area contributed by atoms with Crippen LogP contribution in [-0.4, -0.2) is 18.8 Å². The van der Waals surface area contributed by atoms with Gasteiger partial charge in [0.25, 0.3) is 0 Å². The number of aryl methyl sites for hydroxylation is 1. The summed E-state index contributed by atoms with van der Waals surface area (Å²) in [5.41, 5.74) is 1.38. The summed E-state index contributed by atoms with van der Waals surface area (Å²) in [5.74, 6) is 0.953. The SMILES string of the molecule is CCCCCCC/C=C/CCCCCCCc1ccc(OCC2(C)CO2)cc1. The van der Waals surface area contributed by atoms with Gasteiger partial charge in [0, 0.05) is 0 Å². The van der Waals surface area contributed by atoms with Gasteiger partial charge in [-0.15, -0.1) is 0 Å². The zero-order chi connectivity index (χ0) is 19.9. The van der Waals surface area contributed by atoms with Gasteiger partial charge in [-0.3, -0.25) is 0 Å². The minimum absolute atomic E-state index is 0.0390. The van der Waals surface area contributed by atoms with Crippen LogP contribution in [0.3, 0.4) is 0 Å². The molecule has 0 saturated carbocycles. The van der Waals surface area contributed by atoms with Gasteiger partial charge in [0.05, 0.1) is 6.61 Å². The van der Waals surface area contributed by atoms with Gasteiger partial charge in [0.15, 0.2) is 0 Å². The Kier molecular flexibility index (Phi) is 11.4. The van der Waals surface area contributed by atoms with E-state index in [0.29, 0.717) is 6.61 Å². The summed E-state index contributed by atoms with van der Waals surface area (Å²) < 4.78 is 11.1. The molecule has 2 nitrogen and oxygen atoms in total. The number of ether oxygens (including phenoxy) is 2. The molecule has 0 aromatic heterocycles. The Labute approximate surface area is 173 Å². The second kappa shape index (κ2) is 13.8. The number of hydrogen-bond donors (Lipinski definition) is 0. The number of hydrogen-bond acceptors (Lipinski definition) is 2. The van der Waals surface area contributed by atoms with Crippen molar-refractivity contribution in [1.82, 2.24) is 0 Å². The molecule has 1 fully saturated rings. The molecule has 28 heavy (non-hydrogen) atoms. The third-order valence-electron chi connectivity index (χ3n) is 5.58. The molecule has 0 radical (unpaired) electrons. The van der Waals surface area contributed by atoms with Crippen molar-refractivity contribution in [2.75, 3.05) is 13.2 Å². The Bertz CT molecular complexity index is 528. The first-order valence-corrected chi connectivity index (χ1v) is 11.7. The molecule has 1 aliphatic heterocycles. The van der Waals surface area contributed by atoms with Crippen LogP contribution in [0.15, 0.2) is 36.4 Å². The van der Waals surface area contributed by atoms with Crippen LogP contribution in [0, 0.1) is 0 Å². The zero-order valence-electron chi connectivity index (χ0n) is 18.4. The number of benzene rings is 1. The van der Waals surface area contributed by atoms with Crippen LogP contribution in [0.4, 0.5) is 0 Å². The van der Waals surface area contributed by atoms with Crippen molar-refractivity contribution >= 4 is 0 Å². The van der Waals surface area contributed by atoms with Crippen LogP contribution >= 0.6 is 0 Å². The van der Waals surface area contributed by atoms with Crippen LogP contribution in [-0.2, 0) is 11.2 Å². The maximum atomic E-state index is 5.78. The third kappa shape index (κ3) is 10.9. The van der Waals surface area contributed by atoms with Crippen LogP contribution in [0.25, 0.3) is 0 Å². The predicted molar refractivity (Wildman–Crippen MR) is 120 cm³/mol. The van der Waals surface area contributed by atoms with E-state index in [1.165, 1.54) is 89.0 Å². The van der Waals surface area contributed by atoms with Crippen LogP contribution in [0.1, 0.15) is 96.5 Å². The van der Waals surface area contributed by atoms with Crippen molar-refractivity contribution in [3.63, 3.8) is 0 Å². The molecule has 0 spiro atoms. The molecular formula is C26H42O2. The molecule has 1 unspecified atom stereocenters. The molecule has 1 aliphatic rings. The maximum Gasteiger partial charge on any atom is 0.123 e. The first-order chi connectivity index (χ1) is 13.7. The topological polar surface area (TPSA) is 21.8 Å². The molecular weight excluding hydrogens is 344 g/mol. The van der Waals surface area contributed by atoms with Crippen LogP contribution < -0.4 is 4.74 Å². The minimum atomic E-state index is -0.0390. The van der Waals surface area contributed by atoms with Crippen LogP contribution in [0.5, 0.6) is 5.75 Å². The van der Waals surface area contributed by atoms with Crippen molar-refractivity contribution in [2.45, 2.75) is 103 Å². The van der Waals surface area contributed by atoms with Crippen LogP contribution in [0.2, 0.25) is 0 Å². The Morgan fingerprint density at radius 1 is 0.857 bits per heavy atom. The van der Waals surface area contributed by atoms with E-state index in [0.717, 1.165) is 12.4 Å². The highest BCUT2D eigenvalue weighted by Crippen LogP contribution is 2.27. The molecule has 158 valence electrons. The average Bonchev–Trinajstić information content (AvgIpc) is 3.45. The number of unbranched alkanes of at least 4 members (excludes halogenated alkanes) is 10. The fraction of sp³-hybridized carbons (Fsp3) is 0.692. The van der Waals surface area contributed by atoms with Gasteiger partial charge >= 0.3 is 0 Å². The van der Waals surface area contributed by atoms with E-state index in [1.807, 2.05) is 0 Å². The quantitative estimate of drug-likeness (QED) is 0.156. The highest BCUT2D eigenvalue weighted by molar-refractivity contribution is 5.27. The monoisotopic (exact) mass is 386 g/mol. The third-order valence-corrected chi connectivity index (χ3v) is 5.58. The predicted octanol–water partition coefficient (Wildman–Crippen LogP) is 7.65. The smallest absolute Gasteiger partial charge is 0.123 e. The van der Waals surface area contributed by atoms with E-state index in [-0.39, 0.29) is 5.60 Å². The summed E-state index contributed by atoms with van der Waals surface area (Å²) >= 11 is 0. The van der Waals surface area contributed by atoms with E-state index in [9.17, 15) is 0 Å². The number of allylic oxidation sites excluding steroid dienone is 2. The summed E-state index contributed by atoms with van der Waals surface area (Å²) in [7, 11) is 0. The van der Waals surface area contributed by atoms with E-state index in [1.54, 1.807) is 0 Å². The largest absolute Gasteiger partial charge is 0.491 e. The van der Waals surface area contributed by atoms with Crippen molar-refractivity contribution in [2.24, 2.45) is 0 Å². The lowest BCUT2D eigenvalue weighted by Gasteiger charge is -2.09. The molecule has 1 aromatic rings. The van der Waals surface area contributed by atoms with Crippen molar-refractivity contribution in [1.29, 1.82) is 0 Å². The van der Waals surface area contributed by atoms with Gasteiger partial charge in [-0.05, 0) is 63.1 Å². The molecule has 1 aromatic carbocycles. The Balaban J connectivity index is 1.39. The van der Waals surface area contributed by atoms with E-state index in [2.05, 4.69) is 50.3 Å². The molecule has 0 aliphatic carbocycles. The van der Waals surface area contributed by atoms with Crippen molar-refractivity contribution < 1.29 is 9.47 Å². The van der Waals surface area contributed by atoms with Crippen molar-refractivity contribution in [3.05, 3.63) is 42.0 Å². The minimum Gasteiger partial charge on any atom is -0.491 e. The zero-order valence-corrected chi connectivity index (χ0v) is 18.4. The fourth-order valence-electron chi connectivity index (χ4n) is 3.42. The first kappa shape index (κ1) is 23.0. The standard InChI is InChI=1S/C26H42O2/c1-3-4-5-6-7-8-9-10-11-12-13-14-15-16-17-24-18-20-25(21-19-24)27-22-26(2)23-28-26/h9-10,18-21H,3-8,11-17,22-23H2,1-2H3/b10-9+. The molecule has 1 saturated heterocycles. The summed E-state index contributed by atoms with van der Waals surface area (Å²) in [6.45, 7) is 5.84. The molecule has 0 N–H and O–H groups in total. The summed E-state index contributed by atoms with van der Waals surface area (Å²) in [6.07, 6.45) is 22.2. The molecule has 0 bridgehead atoms. The second-order valence-corrected chi connectivity index (χ2v) is 8.65. The van der Waals surface area contributed by atoms with Gasteiger partial charge in [-0.2, -0.15) is 0 Å². The maximum absolute atomic E-state index is 5.78. The molecule has 1 atom stereocenters. The van der Waals surface area contributed by atoms with E-state index < -0.39 is 0 Å². The molecule has 1 heterocycles. The van der Waals surface area contributed by atoms with Crippen molar-refractivity contribution in [3.8, 4) is 5.75 Å². The lowest BCUT2D eigenvalue weighted by atomic mass is 10.0. The Morgan fingerprint density at radius 3 is 2.04 bits per heavy atom. The molecule has 0 amide bonds. The fourth-order valence-corrected chi connectivity index (χ4v) is 3.42. The lowest BCUT2D eigenvalue weighted by molar-refractivity contribution is 0.202. The number of epoxide rings is 1. The normalized spacial score (nSPS) is 18.6. The van der Waals surface area contributed by atoms with E-state index in [4.69, 9.17) is 9.47 Å². The highest BCUT2D eigenvalue weighted by Gasteiger charge is 2.40. The lowest BCUT2D eigenvalue weighted by Crippen LogP contribution is -2.16. The van der Waals surface area contributed by atoms with Gasteiger partial charge < -0.3 is 9.47 Å². The summed E-state index contributed by atoms with van der Waals surface area (Å²) in [4.78, 5) is 0. The molecule has 2 rings (SSSR count). The van der Waals surface area contributed by atoms with E-state index >= 15 is 0 Å². The van der Waals surface area contributed by atoms with Gasteiger partial charge in [-0.1, -0.05) is 76.2 Å². The average molecular weight is 387 g/mol. The van der Waals surface area contributed by atoms with Gasteiger partial charge in [0.2, 0.25) is 0 Å². The number of rotatable bonds is 17. The second-order valence-electron chi connectivity index (χ2n) is 8.65. The Morgan fingerprint density at radius 2 is 1.43 bits per heavy atom. The first-order valence-electron chi connectivity index (χ1n) is 11.7. The van der Waals surface area contributed by atoms with Gasteiger partial charge in [0.1, 0.15) is 18.0 Å². The highest BCUT2D eigenvalue weighted by atomic mass is 16.6. The Hall–Kier alpha value is -1.28. The summed E-state index contributed by atoms with van der Waals surface area (Å²) in [6, 6.07) is 8.60. The molecule has 2 heteroatoms. The van der Waals surface area contributed by atoms with Gasteiger partial charge in [-0.25, -0.2) is 0 Å². The summed E-state index contributed by atoms with van der Waals surface area (Å²) in [5, 5.41) is 0.